The molecule has 0 saturated carbocycles. The van der Waals surface area contributed by atoms with Crippen LogP contribution in [-0.2, 0) is 38.1 Å². The van der Waals surface area contributed by atoms with Crippen LogP contribution < -0.4 is 0 Å². The van der Waals surface area contributed by atoms with Crippen molar-refractivity contribution in [2.75, 3.05) is 26.4 Å². The van der Waals surface area contributed by atoms with Crippen molar-refractivity contribution in [3.05, 3.63) is 0 Å². The minimum atomic E-state index is -1.17. The van der Waals surface area contributed by atoms with Crippen molar-refractivity contribution in [3.8, 4) is 0 Å². The van der Waals surface area contributed by atoms with E-state index in [-0.39, 0.29) is 76.0 Å². The first kappa shape index (κ1) is 42.9. The van der Waals surface area contributed by atoms with Gasteiger partial charge >= 0.3 is 23.9 Å². The number of hydrogen-bond donors (Lipinski definition) is 0. The van der Waals surface area contributed by atoms with Gasteiger partial charge in [-0.1, -0.05) is 130 Å². The van der Waals surface area contributed by atoms with Gasteiger partial charge in [0.2, 0.25) is 0 Å². The molecule has 8 heteroatoms. The van der Waals surface area contributed by atoms with E-state index in [9.17, 15) is 19.2 Å². The fourth-order valence-corrected chi connectivity index (χ4v) is 4.96. The second-order valence-corrected chi connectivity index (χ2v) is 12.8. The summed E-state index contributed by atoms with van der Waals surface area (Å²) >= 11 is 0. The molecule has 0 atom stereocenters. The Kier molecular flexibility index (Phi) is 29.1. The van der Waals surface area contributed by atoms with Crippen LogP contribution in [-0.4, -0.2) is 50.3 Å². The van der Waals surface area contributed by atoms with Gasteiger partial charge in [-0.2, -0.15) is 0 Å². The van der Waals surface area contributed by atoms with Gasteiger partial charge in [0, 0.05) is 25.7 Å². The summed E-state index contributed by atoms with van der Waals surface area (Å²) in [5.41, 5.74) is -1.17. The molecule has 0 heterocycles. The van der Waals surface area contributed by atoms with E-state index in [1.165, 1.54) is 25.7 Å². The largest absolute Gasteiger partial charge is 0.465 e. The van der Waals surface area contributed by atoms with Crippen molar-refractivity contribution in [3.63, 3.8) is 0 Å². The molecule has 0 amide bonds. The molecule has 0 aromatic rings. The number of unbranched alkanes of at least 4 members (excludes halogenated alkanes) is 16. The average molecular weight is 641 g/mol. The Morgan fingerprint density at radius 1 is 0.333 bits per heavy atom. The van der Waals surface area contributed by atoms with E-state index in [0.29, 0.717) is 0 Å². The van der Waals surface area contributed by atoms with E-state index >= 15 is 0 Å². The summed E-state index contributed by atoms with van der Waals surface area (Å²) in [5, 5.41) is 0. The molecule has 0 aliphatic rings. The number of carbonyl (C=O) groups is 4. The summed E-state index contributed by atoms with van der Waals surface area (Å²) in [4.78, 5) is 50.7. The van der Waals surface area contributed by atoms with Crippen molar-refractivity contribution in [1.82, 2.24) is 0 Å². The molecule has 0 aliphatic heterocycles. The summed E-state index contributed by atoms with van der Waals surface area (Å²) in [6.07, 6.45) is 21.3. The van der Waals surface area contributed by atoms with Crippen molar-refractivity contribution in [2.45, 2.75) is 182 Å². The van der Waals surface area contributed by atoms with Crippen molar-refractivity contribution in [1.29, 1.82) is 0 Å². The first-order valence-corrected chi connectivity index (χ1v) is 18.4. The monoisotopic (exact) mass is 640 g/mol. The number of esters is 4. The fourth-order valence-electron chi connectivity index (χ4n) is 4.96. The van der Waals surface area contributed by atoms with E-state index in [0.717, 1.165) is 103 Å². The third-order valence-corrected chi connectivity index (χ3v) is 8.10. The Morgan fingerprint density at radius 3 is 0.778 bits per heavy atom. The molecular weight excluding hydrogens is 572 g/mol. The van der Waals surface area contributed by atoms with Crippen LogP contribution >= 0.6 is 0 Å². The van der Waals surface area contributed by atoms with E-state index in [1.54, 1.807) is 0 Å². The molecule has 45 heavy (non-hydrogen) atoms. The van der Waals surface area contributed by atoms with Gasteiger partial charge in [0.15, 0.2) is 0 Å². The molecule has 0 aliphatic carbocycles. The van der Waals surface area contributed by atoms with Crippen LogP contribution in [0.2, 0.25) is 0 Å². The van der Waals surface area contributed by atoms with Crippen LogP contribution in [0.5, 0.6) is 0 Å². The summed E-state index contributed by atoms with van der Waals surface area (Å²) < 4.78 is 22.7. The van der Waals surface area contributed by atoms with Crippen LogP contribution in [0, 0.1) is 5.41 Å². The summed E-state index contributed by atoms with van der Waals surface area (Å²) in [6.45, 7) is 7.88. The molecule has 0 fully saturated rings. The van der Waals surface area contributed by atoms with Gasteiger partial charge in [0.25, 0.3) is 0 Å². The number of hydrogen-bond acceptors (Lipinski definition) is 8. The van der Waals surface area contributed by atoms with E-state index < -0.39 is 5.41 Å². The highest BCUT2D eigenvalue weighted by molar-refractivity contribution is 5.71. The lowest BCUT2D eigenvalue weighted by Crippen LogP contribution is -2.44. The average Bonchev–Trinajstić information content (AvgIpc) is 3.04. The maximum absolute atomic E-state index is 12.7. The molecular formula is C37H68O8. The topological polar surface area (TPSA) is 105 Å². The minimum absolute atomic E-state index is 0.168. The van der Waals surface area contributed by atoms with Crippen molar-refractivity contribution >= 4 is 23.9 Å². The summed E-state index contributed by atoms with van der Waals surface area (Å²) in [7, 11) is 0. The summed E-state index contributed by atoms with van der Waals surface area (Å²) in [5.74, 6) is -1.44. The van der Waals surface area contributed by atoms with Crippen LogP contribution in [0.4, 0.5) is 0 Å². The molecule has 0 spiro atoms. The van der Waals surface area contributed by atoms with Crippen LogP contribution in [0.15, 0.2) is 0 Å². The Bertz CT molecular complexity index is 689. The molecule has 0 unspecified atom stereocenters. The Labute approximate surface area is 275 Å². The standard InChI is InChI=1S/C37H68O8/c1-5-9-13-17-19-23-27-35(40)44-31-37(29-42-33(38)25-21-15-11-7-3,30-43-34(39)26-22-16-12-8-4)32-45-36(41)28-24-20-18-14-10-6-2/h5-32H2,1-4H3. The highest BCUT2D eigenvalue weighted by Gasteiger charge is 2.38. The maximum atomic E-state index is 12.7. The SMILES string of the molecule is CCCCCCCCC(=O)OCC(COC(=O)CCCCCC)(COC(=O)CCCCCC)COC(=O)CCCCCCCC. The smallest absolute Gasteiger partial charge is 0.305 e. The third kappa shape index (κ3) is 26.8. The lowest BCUT2D eigenvalue weighted by atomic mass is 9.92. The lowest BCUT2D eigenvalue weighted by Gasteiger charge is -2.31. The van der Waals surface area contributed by atoms with Crippen molar-refractivity contribution in [2.24, 2.45) is 5.41 Å². The molecule has 0 aromatic carbocycles. The van der Waals surface area contributed by atoms with Crippen LogP contribution in [0.25, 0.3) is 0 Å². The van der Waals surface area contributed by atoms with Crippen molar-refractivity contribution < 1.29 is 38.1 Å². The van der Waals surface area contributed by atoms with Gasteiger partial charge in [-0.05, 0) is 25.7 Å². The first-order valence-electron chi connectivity index (χ1n) is 18.4. The Balaban J connectivity index is 5.44. The molecule has 0 rings (SSSR count). The zero-order chi connectivity index (χ0) is 33.4. The number of carbonyl (C=O) groups excluding carboxylic acids is 4. The van der Waals surface area contributed by atoms with Gasteiger partial charge < -0.3 is 18.9 Å². The van der Waals surface area contributed by atoms with Gasteiger partial charge in [0.1, 0.15) is 31.8 Å². The maximum Gasteiger partial charge on any atom is 0.305 e. The third-order valence-electron chi connectivity index (χ3n) is 8.10. The Hall–Kier alpha value is -2.12. The second kappa shape index (κ2) is 30.5. The fraction of sp³-hybridized carbons (Fsp3) is 0.892. The zero-order valence-corrected chi connectivity index (χ0v) is 29.6. The highest BCUT2D eigenvalue weighted by atomic mass is 16.6. The molecule has 0 N–H and O–H groups in total. The second-order valence-electron chi connectivity index (χ2n) is 12.8. The molecule has 0 aromatic heterocycles. The number of rotatable bonds is 32. The number of ether oxygens (including phenoxy) is 4. The lowest BCUT2D eigenvalue weighted by molar-refractivity contribution is -0.170. The van der Waals surface area contributed by atoms with E-state index in [1.807, 2.05) is 0 Å². The van der Waals surface area contributed by atoms with Crippen LogP contribution in [0.3, 0.4) is 0 Å². The predicted octanol–water partition coefficient (Wildman–Crippen LogP) is 9.59. The molecule has 0 radical (unpaired) electrons. The minimum Gasteiger partial charge on any atom is -0.465 e. The first-order chi connectivity index (χ1) is 21.8. The predicted molar refractivity (Wildman–Crippen MR) is 180 cm³/mol. The zero-order valence-electron chi connectivity index (χ0n) is 29.6. The molecule has 264 valence electrons. The van der Waals surface area contributed by atoms with Gasteiger partial charge in [-0.15, -0.1) is 0 Å². The normalized spacial score (nSPS) is 11.3. The van der Waals surface area contributed by atoms with Crippen LogP contribution in [0.1, 0.15) is 182 Å². The quantitative estimate of drug-likeness (QED) is 0.0407. The highest BCUT2D eigenvalue weighted by Crippen LogP contribution is 2.23. The van der Waals surface area contributed by atoms with Gasteiger partial charge in [-0.25, -0.2) is 0 Å². The van der Waals surface area contributed by atoms with E-state index in [4.69, 9.17) is 18.9 Å². The Morgan fingerprint density at radius 2 is 0.533 bits per heavy atom. The summed E-state index contributed by atoms with van der Waals surface area (Å²) in [6, 6.07) is 0. The molecule has 8 nitrogen and oxygen atoms in total. The molecule has 0 saturated heterocycles. The molecule has 0 bridgehead atoms. The van der Waals surface area contributed by atoms with Gasteiger partial charge in [-0.3, -0.25) is 19.2 Å². The van der Waals surface area contributed by atoms with Gasteiger partial charge in [0.05, 0.1) is 0 Å². The van der Waals surface area contributed by atoms with E-state index in [2.05, 4.69) is 27.7 Å².